The Kier molecular flexibility index (Phi) is 3.04. The number of hydrogen-bond donors (Lipinski definition) is 0. The lowest BCUT2D eigenvalue weighted by atomic mass is 9.47. The summed E-state index contributed by atoms with van der Waals surface area (Å²) < 4.78 is 8.42. The van der Waals surface area contributed by atoms with E-state index in [4.69, 9.17) is 4.42 Å². The fourth-order valence-corrected chi connectivity index (χ4v) is 8.57. The van der Waals surface area contributed by atoms with Crippen molar-refractivity contribution in [1.29, 1.82) is 0 Å². The molecule has 4 fully saturated rings. The second-order valence-corrected chi connectivity index (χ2v) is 10.4. The number of furan rings is 1. The molecule has 1 unspecified atom stereocenters. The van der Waals surface area contributed by atoms with Crippen molar-refractivity contribution >= 4 is 16.8 Å². The van der Waals surface area contributed by atoms with Crippen LogP contribution in [0.2, 0.25) is 0 Å². The van der Waals surface area contributed by atoms with Gasteiger partial charge in [0.15, 0.2) is 0 Å². The van der Waals surface area contributed by atoms with E-state index >= 15 is 0 Å². The zero-order chi connectivity index (χ0) is 19.5. The molecule has 3 nitrogen and oxygen atoms in total. The van der Waals surface area contributed by atoms with Crippen molar-refractivity contribution in [2.45, 2.75) is 57.5 Å². The number of aromatic nitrogens is 1. The molecule has 1 spiro atoms. The van der Waals surface area contributed by atoms with E-state index in [0.29, 0.717) is 6.04 Å². The van der Waals surface area contributed by atoms with Gasteiger partial charge in [-0.3, -0.25) is 0 Å². The van der Waals surface area contributed by atoms with E-state index in [1.807, 2.05) is 6.26 Å². The number of benzene rings is 1. The molecular weight excluding hydrogens is 356 g/mol. The second kappa shape index (κ2) is 5.30. The van der Waals surface area contributed by atoms with Crippen LogP contribution in [0.25, 0.3) is 11.1 Å². The molecule has 4 bridgehead atoms. The van der Waals surface area contributed by atoms with Crippen molar-refractivity contribution in [3.05, 3.63) is 53.4 Å². The van der Waals surface area contributed by atoms with Crippen molar-refractivity contribution in [3.63, 3.8) is 0 Å². The second-order valence-electron chi connectivity index (χ2n) is 10.4. The van der Waals surface area contributed by atoms with E-state index < -0.39 is 0 Å². The molecule has 3 heteroatoms. The first-order valence-electron chi connectivity index (χ1n) is 11.5. The predicted octanol–water partition coefficient (Wildman–Crippen LogP) is 6.31. The largest absolute Gasteiger partial charge is 0.448 e. The molecule has 0 amide bonds. The van der Waals surface area contributed by atoms with Crippen LogP contribution in [0.1, 0.15) is 61.9 Å². The average Bonchev–Trinajstić information content (AvgIpc) is 3.34. The number of fused-ring (bicyclic) bond motifs is 3. The molecule has 1 aromatic carbocycles. The molecule has 8 rings (SSSR count). The summed E-state index contributed by atoms with van der Waals surface area (Å²) in [5.41, 5.74) is 7.16. The minimum atomic E-state index is 0.130. The molecule has 4 aliphatic carbocycles. The minimum Gasteiger partial charge on any atom is -0.448 e. The lowest BCUT2D eigenvalue weighted by molar-refractivity contribution is -0.0630. The van der Waals surface area contributed by atoms with E-state index in [9.17, 15) is 0 Å². The molecule has 5 aliphatic rings. The van der Waals surface area contributed by atoms with Crippen LogP contribution in [0, 0.1) is 30.6 Å². The Morgan fingerprint density at radius 3 is 2.34 bits per heavy atom. The van der Waals surface area contributed by atoms with Gasteiger partial charge < -0.3 is 13.9 Å². The van der Waals surface area contributed by atoms with Crippen LogP contribution < -0.4 is 4.90 Å². The van der Waals surface area contributed by atoms with Gasteiger partial charge in [0, 0.05) is 23.7 Å². The van der Waals surface area contributed by atoms with Crippen molar-refractivity contribution in [1.82, 2.24) is 4.57 Å². The highest BCUT2D eigenvalue weighted by Gasteiger charge is 2.66. The van der Waals surface area contributed by atoms with Gasteiger partial charge in [-0.1, -0.05) is 18.2 Å². The standard InChI is InChI=1S/C26H30N2O/c1-15-6-4-5-7-22(15)28-16(2)23-21-8-9-29-25(21)27(3)24(23)26(28)19-11-17-10-18(13-19)14-20(26)12-17/h4-9,16-20H,10-14H2,1-3H3. The summed E-state index contributed by atoms with van der Waals surface area (Å²) in [5.74, 6) is 3.45. The minimum absolute atomic E-state index is 0.130. The Labute approximate surface area is 172 Å². The van der Waals surface area contributed by atoms with Crippen LogP contribution in [0.15, 0.2) is 41.0 Å². The molecule has 150 valence electrons. The first kappa shape index (κ1) is 16.6. The number of aryl methyl sites for hydroxylation is 2. The van der Waals surface area contributed by atoms with E-state index in [2.05, 4.69) is 60.7 Å². The summed E-state index contributed by atoms with van der Waals surface area (Å²) in [5, 5.41) is 1.33. The van der Waals surface area contributed by atoms with Crippen LogP contribution in [0.4, 0.5) is 5.69 Å². The van der Waals surface area contributed by atoms with Gasteiger partial charge in [-0.05, 0) is 87.3 Å². The van der Waals surface area contributed by atoms with Gasteiger partial charge in [0.25, 0.3) is 0 Å². The average molecular weight is 387 g/mol. The number of hydrogen-bond acceptors (Lipinski definition) is 2. The maximum atomic E-state index is 5.99. The highest BCUT2D eigenvalue weighted by molar-refractivity contribution is 5.86. The maximum Gasteiger partial charge on any atom is 0.206 e. The van der Waals surface area contributed by atoms with Gasteiger partial charge in [-0.2, -0.15) is 0 Å². The molecule has 2 aromatic heterocycles. The predicted molar refractivity (Wildman–Crippen MR) is 116 cm³/mol. The van der Waals surface area contributed by atoms with Crippen LogP contribution in [0.5, 0.6) is 0 Å². The molecule has 4 saturated carbocycles. The first-order valence-corrected chi connectivity index (χ1v) is 11.5. The normalized spacial score (nSPS) is 37.2. The third kappa shape index (κ3) is 1.78. The molecule has 3 aromatic rings. The van der Waals surface area contributed by atoms with Gasteiger partial charge in [-0.15, -0.1) is 0 Å². The molecule has 3 heterocycles. The van der Waals surface area contributed by atoms with E-state index in [-0.39, 0.29) is 5.54 Å². The zero-order valence-electron chi connectivity index (χ0n) is 17.7. The quantitative estimate of drug-likeness (QED) is 0.488. The topological polar surface area (TPSA) is 21.3 Å². The van der Waals surface area contributed by atoms with E-state index in [1.165, 1.54) is 54.3 Å². The van der Waals surface area contributed by atoms with Gasteiger partial charge in [0.05, 0.1) is 23.5 Å². The number of nitrogens with zero attached hydrogens (tertiary/aromatic N) is 2. The Balaban J connectivity index is 1.56. The molecular formula is C26H30N2O. The fourth-order valence-electron chi connectivity index (χ4n) is 8.57. The summed E-state index contributed by atoms with van der Waals surface area (Å²) in [4.78, 5) is 2.88. The zero-order valence-corrected chi connectivity index (χ0v) is 17.7. The fraction of sp³-hybridized carbons (Fsp3) is 0.538. The highest BCUT2D eigenvalue weighted by Crippen LogP contribution is 2.69. The highest BCUT2D eigenvalue weighted by atomic mass is 16.3. The van der Waals surface area contributed by atoms with Crippen molar-refractivity contribution in [2.75, 3.05) is 4.90 Å². The van der Waals surface area contributed by atoms with E-state index in [1.54, 1.807) is 5.69 Å². The molecule has 0 N–H and O–H groups in total. The Morgan fingerprint density at radius 1 is 0.966 bits per heavy atom. The lowest BCUT2D eigenvalue weighted by Crippen LogP contribution is -2.62. The van der Waals surface area contributed by atoms with Gasteiger partial charge in [-0.25, -0.2) is 0 Å². The van der Waals surface area contributed by atoms with Crippen LogP contribution in [-0.4, -0.2) is 4.57 Å². The summed E-state index contributed by atoms with van der Waals surface area (Å²) >= 11 is 0. The maximum absolute atomic E-state index is 5.99. The van der Waals surface area contributed by atoms with Crippen LogP contribution in [-0.2, 0) is 12.6 Å². The summed E-state index contributed by atoms with van der Waals surface area (Å²) in [6, 6.07) is 11.7. The van der Waals surface area contributed by atoms with Crippen LogP contribution in [0.3, 0.4) is 0 Å². The van der Waals surface area contributed by atoms with E-state index in [0.717, 1.165) is 29.4 Å². The van der Waals surface area contributed by atoms with Gasteiger partial charge in [0.2, 0.25) is 5.71 Å². The molecule has 1 atom stereocenters. The first-order chi connectivity index (χ1) is 14.1. The monoisotopic (exact) mass is 386 g/mol. The smallest absolute Gasteiger partial charge is 0.206 e. The van der Waals surface area contributed by atoms with Gasteiger partial charge in [0.1, 0.15) is 0 Å². The third-order valence-corrected chi connectivity index (χ3v) is 9.17. The Bertz CT molecular complexity index is 1110. The van der Waals surface area contributed by atoms with Crippen molar-refractivity contribution in [2.24, 2.45) is 30.7 Å². The molecule has 1 aliphatic heterocycles. The number of anilines is 1. The Morgan fingerprint density at radius 2 is 1.66 bits per heavy atom. The summed E-state index contributed by atoms with van der Waals surface area (Å²) in [7, 11) is 2.26. The molecule has 0 saturated heterocycles. The van der Waals surface area contributed by atoms with Crippen molar-refractivity contribution < 1.29 is 4.42 Å². The number of rotatable bonds is 1. The summed E-state index contributed by atoms with van der Waals surface area (Å²) in [6.45, 7) is 4.74. The Hall–Kier alpha value is -2.16. The van der Waals surface area contributed by atoms with Crippen LogP contribution >= 0.6 is 0 Å². The lowest BCUT2D eigenvalue weighted by Gasteiger charge is -2.64. The number of para-hydroxylation sites is 1. The molecule has 29 heavy (non-hydrogen) atoms. The van der Waals surface area contributed by atoms with Crippen molar-refractivity contribution in [3.8, 4) is 0 Å². The van der Waals surface area contributed by atoms with Gasteiger partial charge >= 0.3 is 0 Å². The third-order valence-electron chi connectivity index (χ3n) is 9.17. The summed E-state index contributed by atoms with van der Waals surface area (Å²) in [6.07, 6.45) is 9.01. The SMILES string of the molecule is Cc1ccccc1N1C(C)c2c(n(C)c3occc23)C12C1CC3CC(C1)CC2C3. The molecule has 0 radical (unpaired) electrons.